The first-order chi connectivity index (χ1) is 14.7. The lowest BCUT2D eigenvalue weighted by Crippen LogP contribution is -2.49. The standard InChI is InChI=1S/C22H19BrN4O3/c23-17-4-1-15(2-5-17)22(28)27-11-9-26(10-12-27)21-8-6-18(24-25-21)16-3-7-19-20(13-16)30-14-29-19/h1-8,13H,9-12,14H2. The number of hydrogen-bond acceptors (Lipinski definition) is 6. The lowest BCUT2D eigenvalue weighted by molar-refractivity contribution is 0.0746. The van der Waals surface area contributed by atoms with Crippen molar-refractivity contribution in [3.8, 4) is 22.8 Å². The fourth-order valence-electron chi connectivity index (χ4n) is 3.62. The first-order valence-electron chi connectivity index (χ1n) is 9.71. The molecule has 0 spiro atoms. The minimum absolute atomic E-state index is 0.0615. The van der Waals surface area contributed by atoms with Crippen LogP contribution in [-0.2, 0) is 0 Å². The fourth-order valence-corrected chi connectivity index (χ4v) is 3.88. The number of nitrogens with zero attached hydrogens (tertiary/aromatic N) is 4. The van der Waals surface area contributed by atoms with Gasteiger partial charge in [0.2, 0.25) is 6.79 Å². The minimum Gasteiger partial charge on any atom is -0.454 e. The average molecular weight is 467 g/mol. The second-order valence-corrected chi connectivity index (χ2v) is 8.05. The van der Waals surface area contributed by atoms with Gasteiger partial charge < -0.3 is 19.3 Å². The van der Waals surface area contributed by atoms with Gasteiger partial charge in [-0.15, -0.1) is 10.2 Å². The molecule has 3 heterocycles. The van der Waals surface area contributed by atoms with Crippen LogP contribution in [0.2, 0.25) is 0 Å². The molecule has 0 N–H and O–H groups in total. The molecular formula is C22H19BrN4O3. The van der Waals surface area contributed by atoms with Crippen LogP contribution in [-0.4, -0.2) is 54.0 Å². The summed E-state index contributed by atoms with van der Waals surface area (Å²) in [6.45, 7) is 3.00. The fraction of sp³-hybridized carbons (Fsp3) is 0.227. The highest BCUT2D eigenvalue weighted by Crippen LogP contribution is 2.35. The Morgan fingerprint density at radius 3 is 2.37 bits per heavy atom. The Balaban J connectivity index is 1.23. The van der Waals surface area contributed by atoms with Gasteiger partial charge in [0.25, 0.3) is 5.91 Å². The van der Waals surface area contributed by atoms with Crippen molar-refractivity contribution < 1.29 is 14.3 Å². The Hall–Kier alpha value is -3.13. The van der Waals surface area contributed by atoms with Crippen LogP contribution in [0.5, 0.6) is 11.5 Å². The molecule has 0 aliphatic carbocycles. The van der Waals surface area contributed by atoms with Gasteiger partial charge in [-0.25, -0.2) is 0 Å². The van der Waals surface area contributed by atoms with Crippen LogP contribution in [0.25, 0.3) is 11.3 Å². The molecule has 0 atom stereocenters. The number of amides is 1. The lowest BCUT2D eigenvalue weighted by Gasteiger charge is -2.35. The Kier molecular flexibility index (Phi) is 5.00. The van der Waals surface area contributed by atoms with Gasteiger partial charge in [0.05, 0.1) is 5.69 Å². The van der Waals surface area contributed by atoms with Crippen LogP contribution in [0.3, 0.4) is 0 Å². The molecule has 0 saturated carbocycles. The summed E-state index contributed by atoms with van der Waals surface area (Å²) in [6.07, 6.45) is 0. The highest BCUT2D eigenvalue weighted by atomic mass is 79.9. The van der Waals surface area contributed by atoms with Crippen LogP contribution >= 0.6 is 15.9 Å². The number of anilines is 1. The Labute approximate surface area is 182 Å². The van der Waals surface area contributed by atoms with Gasteiger partial charge in [-0.1, -0.05) is 15.9 Å². The SMILES string of the molecule is O=C(c1ccc(Br)cc1)N1CCN(c2ccc(-c3ccc4c(c3)OCO4)nn2)CC1. The van der Waals surface area contributed by atoms with E-state index in [1.807, 2.05) is 59.5 Å². The largest absolute Gasteiger partial charge is 0.454 e. The first-order valence-corrected chi connectivity index (χ1v) is 10.5. The van der Waals surface area contributed by atoms with Gasteiger partial charge in [0, 0.05) is 41.8 Å². The molecule has 1 fully saturated rings. The quantitative estimate of drug-likeness (QED) is 0.587. The molecule has 0 radical (unpaired) electrons. The minimum atomic E-state index is 0.0615. The third-order valence-corrected chi connectivity index (χ3v) is 5.83. The monoisotopic (exact) mass is 466 g/mol. The summed E-state index contributed by atoms with van der Waals surface area (Å²) in [4.78, 5) is 16.7. The van der Waals surface area contributed by atoms with Gasteiger partial charge in [0.1, 0.15) is 0 Å². The molecular weight excluding hydrogens is 448 g/mol. The molecule has 7 nitrogen and oxygen atoms in total. The van der Waals surface area contributed by atoms with Gasteiger partial charge in [-0.05, 0) is 54.6 Å². The van der Waals surface area contributed by atoms with E-state index in [1.165, 1.54) is 0 Å². The van der Waals surface area contributed by atoms with Crippen LogP contribution in [0.4, 0.5) is 5.82 Å². The second-order valence-electron chi connectivity index (χ2n) is 7.13. The molecule has 30 heavy (non-hydrogen) atoms. The van der Waals surface area contributed by atoms with Crippen LogP contribution in [0.15, 0.2) is 59.1 Å². The smallest absolute Gasteiger partial charge is 0.253 e. The van der Waals surface area contributed by atoms with E-state index in [-0.39, 0.29) is 12.7 Å². The number of halogens is 1. The van der Waals surface area contributed by atoms with Crippen molar-refractivity contribution >= 4 is 27.7 Å². The number of piperazine rings is 1. The molecule has 8 heteroatoms. The van der Waals surface area contributed by atoms with E-state index in [1.54, 1.807) is 0 Å². The molecule has 2 aliphatic rings. The number of hydrogen-bond donors (Lipinski definition) is 0. The molecule has 0 unspecified atom stereocenters. The van der Waals surface area contributed by atoms with Gasteiger partial charge in [-0.3, -0.25) is 4.79 Å². The van der Waals surface area contributed by atoms with Crippen molar-refractivity contribution in [2.75, 3.05) is 37.9 Å². The molecule has 152 valence electrons. The van der Waals surface area contributed by atoms with Crippen molar-refractivity contribution in [2.45, 2.75) is 0 Å². The molecule has 1 saturated heterocycles. The number of benzene rings is 2. The maximum atomic E-state index is 12.7. The maximum absolute atomic E-state index is 12.7. The number of carbonyl (C=O) groups excluding carboxylic acids is 1. The number of fused-ring (bicyclic) bond motifs is 1. The molecule has 0 bridgehead atoms. The summed E-state index contributed by atoms with van der Waals surface area (Å²) in [5.74, 6) is 2.35. The average Bonchev–Trinajstić information content (AvgIpc) is 3.27. The highest BCUT2D eigenvalue weighted by molar-refractivity contribution is 9.10. The number of carbonyl (C=O) groups is 1. The van der Waals surface area contributed by atoms with Crippen LogP contribution < -0.4 is 14.4 Å². The second kappa shape index (κ2) is 7.95. The number of ether oxygens (including phenoxy) is 2. The Morgan fingerprint density at radius 2 is 1.63 bits per heavy atom. The van der Waals surface area contributed by atoms with E-state index < -0.39 is 0 Å². The van der Waals surface area contributed by atoms with Crippen LogP contribution in [0, 0.1) is 0 Å². The number of aromatic nitrogens is 2. The predicted octanol–water partition coefficient (Wildman–Crippen LogP) is 3.60. The highest BCUT2D eigenvalue weighted by Gasteiger charge is 2.23. The van der Waals surface area contributed by atoms with E-state index in [4.69, 9.17) is 9.47 Å². The van der Waals surface area contributed by atoms with E-state index >= 15 is 0 Å². The van der Waals surface area contributed by atoms with Gasteiger partial charge in [-0.2, -0.15) is 0 Å². The van der Waals surface area contributed by atoms with E-state index in [0.717, 1.165) is 46.1 Å². The summed E-state index contributed by atoms with van der Waals surface area (Å²) in [5.41, 5.74) is 2.42. The zero-order chi connectivity index (χ0) is 20.5. The maximum Gasteiger partial charge on any atom is 0.253 e. The van der Waals surface area contributed by atoms with Gasteiger partial charge in [0.15, 0.2) is 17.3 Å². The summed E-state index contributed by atoms with van der Waals surface area (Å²) in [7, 11) is 0. The topological polar surface area (TPSA) is 67.8 Å². The zero-order valence-corrected chi connectivity index (χ0v) is 17.7. The third kappa shape index (κ3) is 3.70. The van der Waals surface area contributed by atoms with Crippen molar-refractivity contribution in [3.63, 3.8) is 0 Å². The summed E-state index contributed by atoms with van der Waals surface area (Å²) in [5, 5.41) is 8.79. The molecule has 5 rings (SSSR count). The van der Waals surface area contributed by atoms with Gasteiger partial charge >= 0.3 is 0 Å². The van der Waals surface area contributed by atoms with E-state index in [0.29, 0.717) is 18.7 Å². The molecule has 1 amide bonds. The zero-order valence-electron chi connectivity index (χ0n) is 16.1. The Bertz CT molecular complexity index is 1060. The molecule has 3 aromatic rings. The summed E-state index contributed by atoms with van der Waals surface area (Å²) >= 11 is 3.40. The first kappa shape index (κ1) is 18.9. The molecule has 2 aliphatic heterocycles. The summed E-state index contributed by atoms with van der Waals surface area (Å²) < 4.78 is 11.7. The van der Waals surface area contributed by atoms with Crippen molar-refractivity contribution in [2.24, 2.45) is 0 Å². The molecule has 2 aromatic carbocycles. The third-order valence-electron chi connectivity index (χ3n) is 5.30. The van der Waals surface area contributed by atoms with E-state index in [9.17, 15) is 4.79 Å². The van der Waals surface area contributed by atoms with Crippen molar-refractivity contribution in [1.29, 1.82) is 0 Å². The Morgan fingerprint density at radius 1 is 0.867 bits per heavy atom. The van der Waals surface area contributed by atoms with E-state index in [2.05, 4.69) is 31.0 Å². The predicted molar refractivity (Wildman–Crippen MR) is 116 cm³/mol. The van der Waals surface area contributed by atoms with Crippen molar-refractivity contribution in [3.05, 3.63) is 64.6 Å². The van der Waals surface area contributed by atoms with Crippen molar-refractivity contribution in [1.82, 2.24) is 15.1 Å². The lowest BCUT2D eigenvalue weighted by atomic mass is 10.1. The van der Waals surface area contributed by atoms with Crippen LogP contribution in [0.1, 0.15) is 10.4 Å². The normalized spacial score (nSPS) is 15.4. The summed E-state index contributed by atoms with van der Waals surface area (Å²) in [6, 6.07) is 17.1. The number of rotatable bonds is 3. The molecule has 1 aromatic heterocycles.